The summed E-state index contributed by atoms with van der Waals surface area (Å²) in [5.74, 6) is 0.124. The minimum Gasteiger partial charge on any atom is -0.396 e. The number of aryl methyl sites for hydroxylation is 1. The highest BCUT2D eigenvalue weighted by atomic mass is 32.2. The van der Waals surface area contributed by atoms with Gasteiger partial charge in [-0.15, -0.1) is 0 Å². The van der Waals surface area contributed by atoms with Crippen LogP contribution in [0.25, 0.3) is 0 Å². The van der Waals surface area contributed by atoms with E-state index < -0.39 is 10.0 Å². The Morgan fingerprint density at radius 2 is 2.05 bits per heavy atom. The number of nitrogens with zero attached hydrogens (tertiary/aromatic N) is 2. The van der Waals surface area contributed by atoms with E-state index in [-0.39, 0.29) is 18.4 Å². The zero-order valence-electron chi connectivity index (χ0n) is 11.6. The van der Waals surface area contributed by atoms with Crippen LogP contribution in [-0.2, 0) is 16.4 Å². The van der Waals surface area contributed by atoms with Crippen molar-refractivity contribution >= 4 is 10.0 Å². The molecule has 2 rings (SSSR count). The molecule has 20 heavy (non-hydrogen) atoms. The first kappa shape index (κ1) is 15.4. The van der Waals surface area contributed by atoms with Gasteiger partial charge in [-0.3, -0.25) is 4.98 Å². The first-order valence-electron chi connectivity index (χ1n) is 7.13. The fraction of sp³-hybridized carbons (Fsp3) is 0.643. The largest absolute Gasteiger partial charge is 0.396 e. The topological polar surface area (TPSA) is 70.5 Å². The summed E-state index contributed by atoms with van der Waals surface area (Å²) >= 11 is 0. The second-order valence-electron chi connectivity index (χ2n) is 5.19. The van der Waals surface area contributed by atoms with Gasteiger partial charge in [-0.25, -0.2) is 8.42 Å². The lowest BCUT2D eigenvalue weighted by molar-refractivity contribution is 0.192. The summed E-state index contributed by atoms with van der Waals surface area (Å²) in [5, 5.41) is 9.08. The zero-order chi connectivity index (χ0) is 14.4. The summed E-state index contributed by atoms with van der Waals surface area (Å²) in [5.41, 5.74) is 0.985. The second-order valence-corrected chi connectivity index (χ2v) is 7.24. The van der Waals surface area contributed by atoms with E-state index in [0.717, 1.165) is 24.8 Å². The summed E-state index contributed by atoms with van der Waals surface area (Å²) in [6, 6.07) is 3.66. The third-order valence-corrected chi connectivity index (χ3v) is 5.71. The number of aliphatic hydroxyl groups is 1. The highest BCUT2D eigenvalue weighted by molar-refractivity contribution is 7.89. The number of piperidine rings is 1. The van der Waals surface area contributed by atoms with Gasteiger partial charge in [0, 0.05) is 31.6 Å². The third-order valence-electron chi connectivity index (χ3n) is 3.79. The van der Waals surface area contributed by atoms with Crippen LogP contribution in [-0.4, -0.2) is 47.8 Å². The van der Waals surface area contributed by atoms with Crippen molar-refractivity contribution in [3.63, 3.8) is 0 Å². The molecule has 6 heteroatoms. The van der Waals surface area contributed by atoms with E-state index in [1.54, 1.807) is 16.7 Å². The Morgan fingerprint density at radius 1 is 1.30 bits per heavy atom. The van der Waals surface area contributed by atoms with E-state index in [1.807, 2.05) is 12.1 Å². The molecule has 0 spiro atoms. The quantitative estimate of drug-likeness (QED) is 0.856. The van der Waals surface area contributed by atoms with Gasteiger partial charge >= 0.3 is 0 Å². The van der Waals surface area contributed by atoms with Gasteiger partial charge in [0.05, 0.1) is 5.75 Å². The molecule has 1 aliphatic rings. The van der Waals surface area contributed by atoms with Crippen molar-refractivity contribution in [3.8, 4) is 0 Å². The van der Waals surface area contributed by atoms with Crippen molar-refractivity contribution in [2.75, 3.05) is 18.9 Å². The Morgan fingerprint density at radius 3 is 2.75 bits per heavy atom. The lowest BCUT2D eigenvalue weighted by Gasteiger charge is -2.34. The summed E-state index contributed by atoms with van der Waals surface area (Å²) in [4.78, 5) is 3.93. The minimum absolute atomic E-state index is 0.0313. The predicted molar refractivity (Wildman–Crippen MR) is 77.8 cm³/mol. The Kier molecular flexibility index (Phi) is 5.51. The third kappa shape index (κ3) is 4.01. The zero-order valence-corrected chi connectivity index (χ0v) is 12.4. The molecular weight excluding hydrogens is 276 g/mol. The lowest BCUT2D eigenvalue weighted by Crippen LogP contribution is -2.45. The number of hydrogen-bond donors (Lipinski definition) is 1. The molecule has 1 N–H and O–H groups in total. The van der Waals surface area contributed by atoms with Crippen LogP contribution < -0.4 is 0 Å². The number of pyridine rings is 1. The van der Waals surface area contributed by atoms with Crippen LogP contribution in [0.3, 0.4) is 0 Å². The van der Waals surface area contributed by atoms with Crippen molar-refractivity contribution in [1.29, 1.82) is 0 Å². The predicted octanol–water partition coefficient (Wildman–Crippen LogP) is 1.19. The maximum absolute atomic E-state index is 12.5. The normalized spacial score (nSPS) is 20.9. The first-order chi connectivity index (χ1) is 9.63. The Hall–Kier alpha value is -0.980. The molecule has 0 radical (unpaired) electrons. The SMILES string of the molecule is O=S(=O)(CCc1ccncc1)N1CCCCC1CCO. The van der Waals surface area contributed by atoms with Crippen molar-refractivity contribution in [2.24, 2.45) is 0 Å². The van der Waals surface area contributed by atoms with Crippen LogP contribution in [0, 0.1) is 0 Å². The molecule has 1 saturated heterocycles. The first-order valence-corrected chi connectivity index (χ1v) is 8.73. The molecule has 5 nitrogen and oxygen atoms in total. The van der Waals surface area contributed by atoms with Gasteiger partial charge < -0.3 is 5.11 Å². The van der Waals surface area contributed by atoms with E-state index in [4.69, 9.17) is 5.11 Å². The molecule has 0 amide bonds. The highest BCUT2D eigenvalue weighted by Gasteiger charge is 2.31. The fourth-order valence-corrected chi connectivity index (χ4v) is 4.49. The van der Waals surface area contributed by atoms with Crippen molar-refractivity contribution in [2.45, 2.75) is 38.1 Å². The van der Waals surface area contributed by atoms with Crippen molar-refractivity contribution in [1.82, 2.24) is 9.29 Å². The lowest BCUT2D eigenvalue weighted by atomic mass is 10.0. The average molecular weight is 298 g/mol. The van der Waals surface area contributed by atoms with Crippen LogP contribution >= 0.6 is 0 Å². The maximum Gasteiger partial charge on any atom is 0.214 e. The summed E-state index contributed by atoms with van der Waals surface area (Å²) < 4.78 is 26.6. The Labute approximate surface area is 120 Å². The number of rotatable bonds is 6. The Balaban J connectivity index is 2.01. The molecular formula is C14H22N2O3S. The average Bonchev–Trinajstić information content (AvgIpc) is 2.47. The number of aliphatic hydroxyl groups excluding tert-OH is 1. The molecule has 1 aliphatic heterocycles. The number of sulfonamides is 1. The van der Waals surface area contributed by atoms with Gasteiger partial charge in [-0.05, 0) is 43.4 Å². The number of aromatic nitrogens is 1. The van der Waals surface area contributed by atoms with Crippen LogP contribution in [0.4, 0.5) is 0 Å². The van der Waals surface area contributed by atoms with Crippen LogP contribution in [0.15, 0.2) is 24.5 Å². The molecule has 0 bridgehead atoms. The van der Waals surface area contributed by atoms with Gasteiger partial charge in [-0.2, -0.15) is 4.31 Å². The van der Waals surface area contributed by atoms with E-state index in [0.29, 0.717) is 19.4 Å². The molecule has 1 aromatic rings. The highest BCUT2D eigenvalue weighted by Crippen LogP contribution is 2.23. The van der Waals surface area contributed by atoms with Gasteiger partial charge in [-0.1, -0.05) is 6.42 Å². The monoisotopic (exact) mass is 298 g/mol. The Bertz CT molecular complexity index is 502. The summed E-state index contributed by atoms with van der Waals surface area (Å²) in [6.07, 6.45) is 7.21. The smallest absolute Gasteiger partial charge is 0.214 e. The van der Waals surface area contributed by atoms with Crippen LogP contribution in [0.2, 0.25) is 0 Å². The fourth-order valence-electron chi connectivity index (χ4n) is 2.69. The molecule has 1 aromatic heterocycles. The van der Waals surface area contributed by atoms with Gasteiger partial charge in [0.15, 0.2) is 0 Å². The molecule has 1 unspecified atom stereocenters. The van der Waals surface area contributed by atoms with Gasteiger partial charge in [0.25, 0.3) is 0 Å². The molecule has 2 heterocycles. The van der Waals surface area contributed by atoms with Crippen molar-refractivity contribution < 1.29 is 13.5 Å². The molecule has 0 aliphatic carbocycles. The minimum atomic E-state index is -3.25. The number of hydrogen-bond acceptors (Lipinski definition) is 4. The van der Waals surface area contributed by atoms with E-state index >= 15 is 0 Å². The molecule has 0 aromatic carbocycles. The van der Waals surface area contributed by atoms with E-state index in [9.17, 15) is 8.42 Å². The molecule has 1 fully saturated rings. The van der Waals surface area contributed by atoms with E-state index in [1.165, 1.54) is 0 Å². The second kappa shape index (κ2) is 7.15. The molecule has 0 saturated carbocycles. The van der Waals surface area contributed by atoms with Gasteiger partial charge in [0.1, 0.15) is 0 Å². The van der Waals surface area contributed by atoms with Gasteiger partial charge in [0.2, 0.25) is 10.0 Å². The standard InChI is InChI=1S/C14H22N2O3S/c17-11-6-14-3-1-2-10-16(14)20(18,19)12-7-13-4-8-15-9-5-13/h4-5,8-9,14,17H,1-3,6-7,10-12H2. The van der Waals surface area contributed by atoms with Crippen molar-refractivity contribution in [3.05, 3.63) is 30.1 Å². The molecule has 1 atom stereocenters. The van der Waals surface area contributed by atoms with Crippen LogP contribution in [0.5, 0.6) is 0 Å². The summed E-state index contributed by atoms with van der Waals surface area (Å²) in [7, 11) is -3.25. The van der Waals surface area contributed by atoms with E-state index in [2.05, 4.69) is 4.98 Å². The maximum atomic E-state index is 12.5. The van der Waals surface area contributed by atoms with Crippen LogP contribution in [0.1, 0.15) is 31.2 Å². The summed E-state index contributed by atoms with van der Waals surface area (Å²) in [6.45, 7) is 0.629. The molecule has 112 valence electrons.